The molecule has 0 aliphatic rings. The van der Waals surface area contributed by atoms with Gasteiger partial charge < -0.3 is 5.32 Å². The number of aromatic nitrogens is 2. The minimum absolute atomic E-state index is 0.719. The zero-order valence-electron chi connectivity index (χ0n) is 5.78. The van der Waals surface area contributed by atoms with Crippen LogP contribution in [-0.2, 0) is 0 Å². The van der Waals surface area contributed by atoms with Gasteiger partial charge in [0.15, 0.2) is 5.82 Å². The fraction of sp³-hybridized carbons (Fsp3) is 0.143. The fourth-order valence-corrected chi connectivity index (χ4v) is 0.555. The number of nitrogens with one attached hydrogen (secondary N) is 1. The Kier molecular flexibility index (Phi) is 2.43. The van der Waals surface area contributed by atoms with Crippen LogP contribution in [0.25, 0.3) is 6.08 Å². The molecular weight excluding hydrogens is 126 g/mol. The summed E-state index contributed by atoms with van der Waals surface area (Å²) in [5.41, 5.74) is 0. The van der Waals surface area contributed by atoms with E-state index < -0.39 is 0 Å². The van der Waals surface area contributed by atoms with Crippen molar-refractivity contribution in [3.63, 3.8) is 0 Å². The molecule has 10 heavy (non-hydrogen) atoms. The second-order valence-corrected chi connectivity index (χ2v) is 1.73. The molecule has 0 radical (unpaired) electrons. The molecule has 0 spiro atoms. The van der Waals surface area contributed by atoms with Gasteiger partial charge in [0.05, 0.1) is 0 Å². The maximum atomic E-state index is 3.98. The standard InChI is InChI=1S/C7H9N3/c1-8-6-3-7-9-4-2-5-10-7/h2-6,8H,1H3. The predicted molar refractivity (Wildman–Crippen MR) is 40.1 cm³/mol. The third-order valence-electron chi connectivity index (χ3n) is 0.985. The summed E-state index contributed by atoms with van der Waals surface area (Å²) in [5, 5.41) is 2.86. The lowest BCUT2D eigenvalue weighted by Gasteiger charge is -1.87. The zero-order valence-corrected chi connectivity index (χ0v) is 5.78. The van der Waals surface area contributed by atoms with E-state index in [1.807, 2.05) is 7.05 Å². The normalized spacial score (nSPS) is 10.1. The van der Waals surface area contributed by atoms with Crippen LogP contribution >= 0.6 is 0 Å². The highest BCUT2D eigenvalue weighted by Gasteiger charge is 1.82. The summed E-state index contributed by atoms with van der Waals surface area (Å²) < 4.78 is 0. The van der Waals surface area contributed by atoms with E-state index in [1.165, 1.54) is 0 Å². The third kappa shape index (κ3) is 1.85. The van der Waals surface area contributed by atoms with Crippen molar-refractivity contribution in [1.29, 1.82) is 0 Å². The van der Waals surface area contributed by atoms with E-state index in [0.717, 1.165) is 5.82 Å². The average molecular weight is 135 g/mol. The first-order valence-electron chi connectivity index (χ1n) is 3.04. The molecule has 0 saturated heterocycles. The van der Waals surface area contributed by atoms with Crippen molar-refractivity contribution in [3.8, 4) is 0 Å². The monoisotopic (exact) mass is 135 g/mol. The third-order valence-corrected chi connectivity index (χ3v) is 0.985. The van der Waals surface area contributed by atoms with Crippen LogP contribution in [0.1, 0.15) is 5.82 Å². The first-order valence-corrected chi connectivity index (χ1v) is 3.04. The molecule has 1 rings (SSSR count). The van der Waals surface area contributed by atoms with Gasteiger partial charge in [-0.1, -0.05) is 0 Å². The lowest BCUT2D eigenvalue weighted by atomic mass is 10.5. The van der Waals surface area contributed by atoms with E-state index in [-0.39, 0.29) is 0 Å². The summed E-state index contributed by atoms with van der Waals surface area (Å²) in [5.74, 6) is 0.719. The Labute approximate surface area is 59.8 Å². The molecule has 0 unspecified atom stereocenters. The largest absolute Gasteiger partial charge is 0.394 e. The first kappa shape index (κ1) is 6.74. The van der Waals surface area contributed by atoms with Gasteiger partial charge in [-0.2, -0.15) is 0 Å². The van der Waals surface area contributed by atoms with Crippen molar-refractivity contribution in [1.82, 2.24) is 15.3 Å². The van der Waals surface area contributed by atoms with Gasteiger partial charge in [-0.05, 0) is 18.3 Å². The molecule has 0 aliphatic heterocycles. The second kappa shape index (κ2) is 3.61. The van der Waals surface area contributed by atoms with Crippen molar-refractivity contribution < 1.29 is 0 Å². The predicted octanol–water partition coefficient (Wildman–Crippen LogP) is 0.667. The molecule has 0 saturated carbocycles. The molecule has 52 valence electrons. The Bertz CT molecular complexity index is 205. The van der Waals surface area contributed by atoms with Crippen LogP contribution in [0.4, 0.5) is 0 Å². The molecular formula is C7H9N3. The molecule has 1 aromatic heterocycles. The van der Waals surface area contributed by atoms with Crippen molar-refractivity contribution in [3.05, 3.63) is 30.5 Å². The Balaban J connectivity index is 2.67. The van der Waals surface area contributed by atoms with E-state index in [2.05, 4.69) is 15.3 Å². The Morgan fingerprint density at radius 1 is 1.40 bits per heavy atom. The summed E-state index contributed by atoms with van der Waals surface area (Å²) in [4.78, 5) is 7.96. The molecule has 3 nitrogen and oxygen atoms in total. The number of hydrogen-bond donors (Lipinski definition) is 1. The van der Waals surface area contributed by atoms with Gasteiger partial charge in [0.25, 0.3) is 0 Å². The van der Waals surface area contributed by atoms with Gasteiger partial charge >= 0.3 is 0 Å². The van der Waals surface area contributed by atoms with Crippen molar-refractivity contribution >= 4 is 6.08 Å². The molecule has 0 fully saturated rings. The lowest BCUT2D eigenvalue weighted by molar-refractivity contribution is 1.09. The van der Waals surface area contributed by atoms with Crippen molar-refractivity contribution in [2.75, 3.05) is 7.05 Å². The van der Waals surface area contributed by atoms with Gasteiger partial charge in [0, 0.05) is 19.4 Å². The van der Waals surface area contributed by atoms with Crippen LogP contribution in [0.15, 0.2) is 24.7 Å². The molecule has 0 atom stereocenters. The van der Waals surface area contributed by atoms with Crippen LogP contribution in [0.2, 0.25) is 0 Å². The number of rotatable bonds is 2. The van der Waals surface area contributed by atoms with Gasteiger partial charge in [-0.15, -0.1) is 0 Å². The molecule has 3 heteroatoms. The van der Waals surface area contributed by atoms with E-state index in [9.17, 15) is 0 Å². The molecule has 0 amide bonds. The summed E-state index contributed by atoms with van der Waals surface area (Å²) >= 11 is 0. The fourth-order valence-electron chi connectivity index (χ4n) is 0.555. The number of nitrogens with zero attached hydrogens (tertiary/aromatic N) is 2. The maximum Gasteiger partial charge on any atom is 0.153 e. The number of hydrogen-bond acceptors (Lipinski definition) is 3. The summed E-state index contributed by atoms with van der Waals surface area (Å²) in [6.45, 7) is 0. The summed E-state index contributed by atoms with van der Waals surface area (Å²) in [7, 11) is 1.83. The van der Waals surface area contributed by atoms with Gasteiger partial charge in [-0.3, -0.25) is 0 Å². The van der Waals surface area contributed by atoms with Crippen LogP contribution < -0.4 is 5.32 Å². The summed E-state index contributed by atoms with van der Waals surface area (Å²) in [6, 6.07) is 1.79. The smallest absolute Gasteiger partial charge is 0.153 e. The van der Waals surface area contributed by atoms with Crippen molar-refractivity contribution in [2.24, 2.45) is 0 Å². The molecule has 1 N–H and O–H groups in total. The molecule has 0 aliphatic carbocycles. The quantitative estimate of drug-likeness (QED) is 0.647. The Morgan fingerprint density at radius 3 is 2.70 bits per heavy atom. The average Bonchev–Trinajstić information content (AvgIpc) is 2.03. The highest BCUT2D eigenvalue weighted by molar-refractivity contribution is 5.37. The molecule has 1 aromatic rings. The lowest BCUT2D eigenvalue weighted by Crippen LogP contribution is -1.92. The topological polar surface area (TPSA) is 37.8 Å². The van der Waals surface area contributed by atoms with E-state index >= 15 is 0 Å². The Hall–Kier alpha value is -1.38. The van der Waals surface area contributed by atoms with Crippen LogP contribution in [0.3, 0.4) is 0 Å². The molecule has 0 bridgehead atoms. The van der Waals surface area contributed by atoms with Crippen LogP contribution in [-0.4, -0.2) is 17.0 Å². The first-order chi connectivity index (χ1) is 4.93. The maximum absolute atomic E-state index is 3.98. The zero-order chi connectivity index (χ0) is 7.23. The van der Waals surface area contributed by atoms with E-state index in [1.54, 1.807) is 30.7 Å². The van der Waals surface area contributed by atoms with Crippen LogP contribution in [0.5, 0.6) is 0 Å². The molecule has 0 aromatic carbocycles. The molecule has 1 heterocycles. The van der Waals surface area contributed by atoms with E-state index in [4.69, 9.17) is 0 Å². The minimum Gasteiger partial charge on any atom is -0.394 e. The Morgan fingerprint density at radius 2 is 2.10 bits per heavy atom. The minimum atomic E-state index is 0.719. The highest BCUT2D eigenvalue weighted by Crippen LogP contribution is 1.87. The van der Waals surface area contributed by atoms with Gasteiger partial charge in [0.2, 0.25) is 0 Å². The van der Waals surface area contributed by atoms with Gasteiger partial charge in [0.1, 0.15) is 0 Å². The second-order valence-electron chi connectivity index (χ2n) is 1.73. The highest BCUT2D eigenvalue weighted by atomic mass is 14.9. The van der Waals surface area contributed by atoms with E-state index in [0.29, 0.717) is 0 Å². The van der Waals surface area contributed by atoms with Crippen molar-refractivity contribution in [2.45, 2.75) is 0 Å². The van der Waals surface area contributed by atoms with Crippen LogP contribution in [0, 0.1) is 0 Å². The summed E-state index contributed by atoms with van der Waals surface area (Å²) in [6.07, 6.45) is 7.01. The SMILES string of the molecule is CNC=Cc1ncccn1. The van der Waals surface area contributed by atoms with Gasteiger partial charge in [-0.25, -0.2) is 9.97 Å².